The molecule has 3 aromatic rings. The molecule has 1 amide bonds. The average Bonchev–Trinajstić information content (AvgIpc) is 2.99. The van der Waals surface area contributed by atoms with Gasteiger partial charge >= 0.3 is 5.97 Å². The second kappa shape index (κ2) is 7.15. The number of hydrogen-bond donors (Lipinski definition) is 1. The molecule has 1 atom stereocenters. The van der Waals surface area contributed by atoms with Gasteiger partial charge in [-0.3, -0.25) is 9.59 Å². The molecule has 1 aliphatic carbocycles. The van der Waals surface area contributed by atoms with Crippen molar-refractivity contribution in [1.82, 2.24) is 4.57 Å². The monoisotopic (exact) mass is 376 g/mol. The first-order valence-corrected chi connectivity index (χ1v) is 9.60. The minimum absolute atomic E-state index is 0.0442. The molecular weight excluding hydrogens is 352 g/mol. The predicted octanol–water partition coefficient (Wildman–Crippen LogP) is 3.80. The van der Waals surface area contributed by atoms with Gasteiger partial charge in [0.05, 0.1) is 0 Å². The summed E-state index contributed by atoms with van der Waals surface area (Å²) in [5.74, 6) is -0.826. The summed E-state index contributed by atoms with van der Waals surface area (Å²) in [6.07, 6.45) is 2.10. The van der Waals surface area contributed by atoms with Gasteiger partial charge in [-0.05, 0) is 56.0 Å². The second-order valence-electron chi connectivity index (χ2n) is 7.60. The Bertz CT molecular complexity index is 1050. The minimum atomic E-state index is -0.845. The van der Waals surface area contributed by atoms with Crippen LogP contribution in [0.1, 0.15) is 23.2 Å². The van der Waals surface area contributed by atoms with Gasteiger partial charge in [0.1, 0.15) is 6.54 Å². The van der Waals surface area contributed by atoms with E-state index in [0.717, 1.165) is 46.3 Å². The van der Waals surface area contributed by atoms with Crippen molar-refractivity contribution in [3.8, 4) is 0 Å². The Morgan fingerprint density at radius 3 is 2.64 bits per heavy atom. The van der Waals surface area contributed by atoms with Gasteiger partial charge in [0.25, 0.3) is 0 Å². The predicted molar refractivity (Wildman–Crippen MR) is 110 cm³/mol. The van der Waals surface area contributed by atoms with Crippen LogP contribution in [-0.2, 0) is 29.0 Å². The molecule has 0 radical (unpaired) electrons. The molecule has 5 heteroatoms. The van der Waals surface area contributed by atoms with Gasteiger partial charge in [0.2, 0.25) is 5.91 Å². The quantitative estimate of drug-likeness (QED) is 0.753. The number of benzene rings is 2. The van der Waals surface area contributed by atoms with E-state index in [1.54, 1.807) is 4.90 Å². The lowest BCUT2D eigenvalue weighted by atomic mass is 9.85. The highest BCUT2D eigenvalue weighted by Crippen LogP contribution is 2.36. The van der Waals surface area contributed by atoms with E-state index in [2.05, 4.69) is 6.07 Å². The number of aliphatic carboxylic acids is 1. The van der Waals surface area contributed by atoms with Crippen LogP contribution >= 0.6 is 0 Å². The van der Waals surface area contributed by atoms with Crippen molar-refractivity contribution < 1.29 is 14.7 Å². The summed E-state index contributed by atoms with van der Waals surface area (Å²) in [6.45, 7) is 1.99. The third kappa shape index (κ3) is 3.17. The fraction of sp³-hybridized carbons (Fsp3) is 0.304. The van der Waals surface area contributed by atoms with Gasteiger partial charge in [-0.1, -0.05) is 29.8 Å². The molecule has 0 saturated heterocycles. The van der Waals surface area contributed by atoms with E-state index in [-0.39, 0.29) is 18.4 Å². The number of amides is 1. The summed E-state index contributed by atoms with van der Waals surface area (Å²) in [5.41, 5.74) is 5.17. The van der Waals surface area contributed by atoms with E-state index in [4.69, 9.17) is 0 Å². The van der Waals surface area contributed by atoms with Crippen molar-refractivity contribution in [2.75, 3.05) is 11.9 Å². The van der Waals surface area contributed by atoms with Gasteiger partial charge in [0, 0.05) is 35.2 Å². The molecule has 0 spiro atoms. The number of carbonyl (C=O) groups excluding carboxylic acids is 1. The Labute approximate surface area is 164 Å². The summed E-state index contributed by atoms with van der Waals surface area (Å²) >= 11 is 0. The lowest BCUT2D eigenvalue weighted by Gasteiger charge is -2.27. The zero-order valence-electron chi connectivity index (χ0n) is 16.2. The lowest BCUT2D eigenvalue weighted by Crippen LogP contribution is -2.36. The molecule has 0 bridgehead atoms. The molecule has 1 N–H and O–H groups in total. The normalized spacial score (nSPS) is 16.0. The maximum atomic E-state index is 13.1. The number of hydrogen-bond acceptors (Lipinski definition) is 2. The first-order chi connectivity index (χ1) is 13.5. The van der Waals surface area contributed by atoms with E-state index in [1.807, 2.05) is 61.0 Å². The van der Waals surface area contributed by atoms with E-state index >= 15 is 0 Å². The Kier molecular flexibility index (Phi) is 4.67. The maximum Gasteiger partial charge on any atom is 0.323 e. The molecule has 2 aromatic carbocycles. The highest BCUT2D eigenvalue weighted by molar-refractivity contribution is 5.96. The number of para-hydroxylation sites is 1. The zero-order chi connectivity index (χ0) is 19.8. The molecule has 28 heavy (non-hydrogen) atoms. The standard InChI is InChI=1S/C23H24N2O3/c1-15-8-10-20-18(12-15)19-13-16(9-11-21(19)25(20)14-22(26)27)23(28)24(2)17-6-4-3-5-7-17/h3-8,10,12,16H,9,11,13-14H2,1-2H3,(H,26,27). The number of anilines is 1. The second-order valence-corrected chi connectivity index (χ2v) is 7.60. The maximum absolute atomic E-state index is 13.1. The van der Waals surface area contributed by atoms with Crippen LogP contribution in [0.3, 0.4) is 0 Å². The van der Waals surface area contributed by atoms with Crippen molar-refractivity contribution in [2.45, 2.75) is 32.7 Å². The molecule has 1 unspecified atom stereocenters. The zero-order valence-corrected chi connectivity index (χ0v) is 16.2. The number of aromatic nitrogens is 1. The van der Waals surface area contributed by atoms with Crippen LogP contribution in [-0.4, -0.2) is 28.6 Å². The molecule has 5 nitrogen and oxygen atoms in total. The van der Waals surface area contributed by atoms with Gasteiger partial charge < -0.3 is 14.6 Å². The molecule has 1 heterocycles. The van der Waals surface area contributed by atoms with Gasteiger partial charge in [0.15, 0.2) is 0 Å². The summed E-state index contributed by atoms with van der Waals surface area (Å²) < 4.78 is 1.91. The summed E-state index contributed by atoms with van der Waals surface area (Å²) in [6, 6.07) is 15.8. The smallest absolute Gasteiger partial charge is 0.323 e. The number of carboxylic acid groups (broad SMARTS) is 1. The minimum Gasteiger partial charge on any atom is -0.480 e. The van der Waals surface area contributed by atoms with Crippen molar-refractivity contribution >= 4 is 28.5 Å². The topological polar surface area (TPSA) is 62.5 Å². The third-order valence-electron chi connectivity index (χ3n) is 5.74. The van der Waals surface area contributed by atoms with E-state index in [1.165, 1.54) is 0 Å². The average molecular weight is 376 g/mol. The first kappa shape index (κ1) is 18.3. The van der Waals surface area contributed by atoms with Crippen molar-refractivity contribution in [2.24, 2.45) is 5.92 Å². The SMILES string of the molecule is Cc1ccc2c(c1)c1c(n2CC(=O)O)CCC(C(=O)N(C)c2ccccc2)C1. The highest BCUT2D eigenvalue weighted by atomic mass is 16.4. The molecule has 0 fully saturated rings. The van der Waals surface area contributed by atoms with Crippen LogP contribution < -0.4 is 4.90 Å². The number of carboxylic acids is 1. The molecular formula is C23H24N2O3. The van der Waals surface area contributed by atoms with Crippen molar-refractivity contribution in [1.29, 1.82) is 0 Å². The summed E-state index contributed by atoms with van der Waals surface area (Å²) in [7, 11) is 1.82. The summed E-state index contributed by atoms with van der Waals surface area (Å²) in [5, 5.41) is 10.4. The van der Waals surface area contributed by atoms with Crippen LogP contribution in [0.4, 0.5) is 5.69 Å². The van der Waals surface area contributed by atoms with E-state index in [9.17, 15) is 14.7 Å². The van der Waals surface area contributed by atoms with Crippen molar-refractivity contribution in [3.63, 3.8) is 0 Å². The van der Waals surface area contributed by atoms with Gasteiger partial charge in [-0.15, -0.1) is 0 Å². The molecule has 4 rings (SSSR count). The lowest BCUT2D eigenvalue weighted by molar-refractivity contribution is -0.137. The Hall–Kier alpha value is -3.08. The number of rotatable bonds is 4. The van der Waals surface area contributed by atoms with Crippen LogP contribution in [0.15, 0.2) is 48.5 Å². The molecule has 1 aromatic heterocycles. The molecule has 0 aliphatic heterocycles. The van der Waals surface area contributed by atoms with Crippen molar-refractivity contribution in [3.05, 3.63) is 65.4 Å². The number of fused-ring (bicyclic) bond motifs is 3. The largest absolute Gasteiger partial charge is 0.480 e. The van der Waals surface area contributed by atoms with Crippen LogP contribution in [0.5, 0.6) is 0 Å². The summed E-state index contributed by atoms with van der Waals surface area (Å²) in [4.78, 5) is 26.3. The fourth-order valence-corrected chi connectivity index (χ4v) is 4.34. The molecule has 1 aliphatic rings. The Morgan fingerprint density at radius 2 is 1.93 bits per heavy atom. The van der Waals surface area contributed by atoms with E-state index < -0.39 is 5.97 Å². The Morgan fingerprint density at radius 1 is 1.18 bits per heavy atom. The molecule has 144 valence electrons. The van der Waals surface area contributed by atoms with Crippen LogP contribution in [0.25, 0.3) is 10.9 Å². The van der Waals surface area contributed by atoms with Gasteiger partial charge in [-0.25, -0.2) is 0 Å². The number of carbonyl (C=O) groups is 2. The fourth-order valence-electron chi connectivity index (χ4n) is 4.34. The molecule has 0 saturated carbocycles. The van der Waals surface area contributed by atoms with E-state index in [0.29, 0.717) is 6.42 Å². The van der Waals surface area contributed by atoms with Crippen LogP contribution in [0, 0.1) is 12.8 Å². The number of aryl methyl sites for hydroxylation is 1. The Balaban J connectivity index is 1.70. The van der Waals surface area contributed by atoms with Gasteiger partial charge in [-0.2, -0.15) is 0 Å². The third-order valence-corrected chi connectivity index (χ3v) is 5.74. The highest BCUT2D eigenvalue weighted by Gasteiger charge is 2.31. The number of nitrogens with zero attached hydrogens (tertiary/aromatic N) is 2. The first-order valence-electron chi connectivity index (χ1n) is 9.60. The van der Waals surface area contributed by atoms with Crippen LogP contribution in [0.2, 0.25) is 0 Å².